The van der Waals surface area contributed by atoms with E-state index in [1.54, 1.807) is 30.5 Å². The van der Waals surface area contributed by atoms with Crippen LogP contribution >= 0.6 is 0 Å². The van der Waals surface area contributed by atoms with Gasteiger partial charge >= 0.3 is 0 Å². The van der Waals surface area contributed by atoms with Crippen molar-refractivity contribution < 1.29 is 9.53 Å². The van der Waals surface area contributed by atoms with Crippen LogP contribution in [0.25, 0.3) is 0 Å². The van der Waals surface area contributed by atoms with Crippen molar-refractivity contribution in [2.45, 2.75) is 13.5 Å². The van der Waals surface area contributed by atoms with Crippen molar-refractivity contribution in [2.75, 3.05) is 5.32 Å². The normalized spacial score (nSPS) is 9.60. The Balaban J connectivity index is 2.10. The Bertz CT molecular complexity index is 662. The molecule has 0 atom stereocenters. The van der Waals surface area contributed by atoms with Crippen LogP contribution in [0.2, 0.25) is 0 Å². The molecular weight excluding hydrogens is 254 g/mol. The quantitative estimate of drug-likeness (QED) is 0.923. The minimum Gasteiger partial charge on any atom is -0.487 e. The fraction of sp³-hybridized carbons (Fsp3) is 0.133. The largest absolute Gasteiger partial charge is 0.487 e. The first kappa shape index (κ1) is 13.6. The Morgan fingerprint density at radius 1 is 1.40 bits per heavy atom. The van der Waals surface area contributed by atoms with Gasteiger partial charge in [-0.05, 0) is 29.8 Å². The summed E-state index contributed by atoms with van der Waals surface area (Å²) < 4.78 is 5.67. The van der Waals surface area contributed by atoms with Gasteiger partial charge in [0.2, 0.25) is 5.91 Å². The Morgan fingerprint density at radius 3 is 2.95 bits per heavy atom. The number of nitrogens with zero attached hydrogens (tertiary/aromatic N) is 2. The van der Waals surface area contributed by atoms with Crippen molar-refractivity contribution in [3.63, 3.8) is 0 Å². The summed E-state index contributed by atoms with van der Waals surface area (Å²) in [5.74, 6) is 0.426. The second-order valence-electron chi connectivity index (χ2n) is 4.13. The summed E-state index contributed by atoms with van der Waals surface area (Å²) in [6, 6.07) is 12.6. The van der Waals surface area contributed by atoms with Crippen LogP contribution in [0.15, 0.2) is 42.6 Å². The Kier molecular flexibility index (Phi) is 4.30. The highest BCUT2D eigenvalue weighted by atomic mass is 16.5. The number of hydrogen-bond donors (Lipinski definition) is 1. The number of benzene rings is 1. The topological polar surface area (TPSA) is 75.0 Å². The Morgan fingerprint density at radius 2 is 2.20 bits per heavy atom. The van der Waals surface area contributed by atoms with Gasteiger partial charge < -0.3 is 10.1 Å². The van der Waals surface area contributed by atoms with Crippen LogP contribution in [-0.2, 0) is 11.4 Å². The van der Waals surface area contributed by atoms with Crippen LogP contribution in [0.3, 0.4) is 0 Å². The fourth-order valence-electron chi connectivity index (χ4n) is 1.67. The Hall–Kier alpha value is -2.87. The summed E-state index contributed by atoms with van der Waals surface area (Å²) in [5.41, 5.74) is 1.81. The zero-order valence-electron chi connectivity index (χ0n) is 11.0. The molecule has 0 spiro atoms. The van der Waals surface area contributed by atoms with E-state index >= 15 is 0 Å². The molecule has 2 aromatic rings. The maximum atomic E-state index is 11.1. The van der Waals surface area contributed by atoms with Crippen molar-refractivity contribution in [3.05, 3.63) is 53.9 Å². The van der Waals surface area contributed by atoms with Gasteiger partial charge in [-0.1, -0.05) is 12.1 Å². The molecule has 0 fully saturated rings. The van der Waals surface area contributed by atoms with Gasteiger partial charge in [0.1, 0.15) is 24.1 Å². The molecule has 0 saturated carbocycles. The average Bonchev–Trinajstić information content (AvgIpc) is 2.46. The number of nitriles is 1. The maximum absolute atomic E-state index is 11.1. The molecule has 0 saturated heterocycles. The van der Waals surface area contributed by atoms with Crippen LogP contribution < -0.4 is 10.1 Å². The summed E-state index contributed by atoms with van der Waals surface area (Å²) in [6.45, 7) is 1.74. The second-order valence-corrected chi connectivity index (χ2v) is 4.13. The summed E-state index contributed by atoms with van der Waals surface area (Å²) in [5, 5.41) is 11.5. The number of aromatic nitrogens is 1. The molecule has 2 rings (SSSR count). The number of amides is 1. The van der Waals surface area contributed by atoms with E-state index in [2.05, 4.69) is 10.3 Å². The third kappa shape index (κ3) is 3.56. The minimum atomic E-state index is -0.156. The van der Waals surface area contributed by atoms with Gasteiger partial charge in [0.05, 0.1) is 5.69 Å². The number of rotatable bonds is 4. The molecule has 1 amide bonds. The molecule has 1 N–H and O–H groups in total. The van der Waals surface area contributed by atoms with Crippen molar-refractivity contribution in [3.8, 4) is 11.8 Å². The second kappa shape index (κ2) is 6.34. The molecule has 5 heteroatoms. The summed E-state index contributed by atoms with van der Waals surface area (Å²) in [6.07, 6.45) is 1.57. The molecule has 0 bridgehead atoms. The van der Waals surface area contributed by atoms with Crippen molar-refractivity contribution in [2.24, 2.45) is 0 Å². The van der Waals surface area contributed by atoms with Crippen molar-refractivity contribution >= 4 is 11.6 Å². The fourth-order valence-corrected chi connectivity index (χ4v) is 1.67. The van der Waals surface area contributed by atoms with Gasteiger partial charge in [-0.15, -0.1) is 0 Å². The molecular formula is C15H13N3O2. The lowest BCUT2D eigenvalue weighted by molar-refractivity contribution is -0.114. The first-order chi connectivity index (χ1) is 9.69. The summed E-state index contributed by atoms with van der Waals surface area (Å²) in [4.78, 5) is 15.0. The van der Waals surface area contributed by atoms with Gasteiger partial charge in [-0.2, -0.15) is 5.26 Å². The lowest BCUT2D eigenvalue weighted by atomic mass is 10.2. The monoisotopic (exact) mass is 267 g/mol. The lowest BCUT2D eigenvalue weighted by Gasteiger charge is -2.11. The van der Waals surface area contributed by atoms with Crippen LogP contribution in [0.1, 0.15) is 18.2 Å². The predicted octanol–water partition coefficient (Wildman–Crippen LogP) is 2.49. The molecule has 0 radical (unpaired) electrons. The highest BCUT2D eigenvalue weighted by Gasteiger charge is 2.05. The van der Waals surface area contributed by atoms with E-state index < -0.39 is 0 Å². The van der Waals surface area contributed by atoms with E-state index in [9.17, 15) is 4.79 Å². The number of carbonyl (C=O) groups excluding carboxylic acids is 1. The highest BCUT2D eigenvalue weighted by molar-refractivity contribution is 5.90. The van der Waals surface area contributed by atoms with E-state index in [0.29, 0.717) is 23.7 Å². The first-order valence-electron chi connectivity index (χ1n) is 6.03. The van der Waals surface area contributed by atoms with Gasteiger partial charge in [-0.3, -0.25) is 4.79 Å². The zero-order chi connectivity index (χ0) is 14.4. The van der Waals surface area contributed by atoms with Crippen molar-refractivity contribution in [1.29, 1.82) is 5.26 Å². The van der Waals surface area contributed by atoms with E-state index in [-0.39, 0.29) is 5.91 Å². The molecule has 0 aliphatic rings. The highest BCUT2D eigenvalue weighted by Crippen LogP contribution is 2.24. The van der Waals surface area contributed by atoms with Crippen molar-refractivity contribution in [1.82, 2.24) is 4.98 Å². The molecule has 0 aliphatic carbocycles. The van der Waals surface area contributed by atoms with Crippen LogP contribution in [0, 0.1) is 11.3 Å². The molecule has 1 heterocycles. The lowest BCUT2D eigenvalue weighted by Crippen LogP contribution is -2.07. The molecule has 1 aromatic carbocycles. The van der Waals surface area contributed by atoms with E-state index in [1.165, 1.54) is 6.92 Å². The number of carbonyl (C=O) groups is 1. The number of pyridine rings is 1. The number of anilines is 1. The van der Waals surface area contributed by atoms with Gasteiger partial charge in [-0.25, -0.2) is 4.98 Å². The van der Waals surface area contributed by atoms with Crippen LogP contribution in [-0.4, -0.2) is 10.9 Å². The van der Waals surface area contributed by atoms with Gasteiger partial charge in [0.15, 0.2) is 0 Å². The van der Waals surface area contributed by atoms with E-state index in [1.807, 2.05) is 18.2 Å². The predicted molar refractivity (Wildman–Crippen MR) is 74.0 cm³/mol. The van der Waals surface area contributed by atoms with E-state index in [4.69, 9.17) is 10.00 Å². The van der Waals surface area contributed by atoms with E-state index in [0.717, 1.165) is 5.56 Å². The van der Waals surface area contributed by atoms with Crippen LogP contribution in [0.5, 0.6) is 5.75 Å². The number of para-hydroxylation sites is 2. The first-order valence-corrected chi connectivity index (χ1v) is 6.03. The maximum Gasteiger partial charge on any atom is 0.221 e. The Labute approximate surface area is 116 Å². The molecule has 1 aromatic heterocycles. The summed E-state index contributed by atoms with van der Waals surface area (Å²) in [7, 11) is 0. The molecule has 0 unspecified atom stereocenters. The van der Waals surface area contributed by atoms with Gasteiger partial charge in [0, 0.05) is 13.1 Å². The zero-order valence-corrected chi connectivity index (χ0v) is 11.0. The third-order valence-electron chi connectivity index (χ3n) is 2.53. The standard InChI is InChI=1S/C15H13N3O2/c1-11(19)18-14-4-2-3-5-15(14)20-10-12-6-7-17-13(8-12)9-16/h2-8H,10H2,1H3,(H,18,19). The third-order valence-corrected chi connectivity index (χ3v) is 2.53. The smallest absolute Gasteiger partial charge is 0.221 e. The SMILES string of the molecule is CC(=O)Nc1ccccc1OCc1ccnc(C#N)c1. The summed E-state index contributed by atoms with van der Waals surface area (Å²) >= 11 is 0. The molecule has 100 valence electrons. The number of nitrogens with one attached hydrogen (secondary N) is 1. The molecule has 5 nitrogen and oxygen atoms in total. The average molecular weight is 267 g/mol. The number of ether oxygens (including phenoxy) is 1. The molecule has 20 heavy (non-hydrogen) atoms. The van der Waals surface area contributed by atoms with Gasteiger partial charge in [0.25, 0.3) is 0 Å². The molecule has 0 aliphatic heterocycles. The van der Waals surface area contributed by atoms with Crippen LogP contribution in [0.4, 0.5) is 5.69 Å². The minimum absolute atomic E-state index is 0.156. The number of hydrogen-bond acceptors (Lipinski definition) is 4.